The fourth-order valence-electron chi connectivity index (χ4n) is 3.66. The van der Waals surface area contributed by atoms with Crippen LogP contribution in [-0.2, 0) is 21.4 Å². The largest absolute Gasteiger partial charge is 0.337 e. The normalized spacial score (nSPS) is 11.7. The van der Waals surface area contributed by atoms with Gasteiger partial charge in [0.15, 0.2) is 0 Å². The van der Waals surface area contributed by atoms with Crippen LogP contribution in [0.3, 0.4) is 0 Å². The summed E-state index contributed by atoms with van der Waals surface area (Å²) < 4.78 is 26.8. The summed E-state index contributed by atoms with van der Waals surface area (Å²) in [6, 6.07) is 20.0. The lowest BCUT2D eigenvalue weighted by Gasteiger charge is -2.10. The molecule has 0 saturated carbocycles. The average Bonchev–Trinajstić information content (AvgIpc) is 3.14. The summed E-state index contributed by atoms with van der Waals surface area (Å²) in [6.45, 7) is 5.93. The smallest absolute Gasteiger partial charge is 0.276 e. The van der Waals surface area contributed by atoms with Crippen LogP contribution in [0.4, 0.5) is 5.69 Å². The van der Waals surface area contributed by atoms with Crippen LogP contribution in [0.25, 0.3) is 10.9 Å². The second-order valence-corrected chi connectivity index (χ2v) is 9.92. The molecule has 0 fully saturated rings. The van der Waals surface area contributed by atoms with Crippen molar-refractivity contribution in [2.45, 2.75) is 32.2 Å². The molecule has 1 amide bonds. The number of hydrogen-bond donors (Lipinski definition) is 2. The monoisotopic (exact) mass is 474 g/mol. The number of aromatic nitrogens is 1. The SMILES string of the molecule is Cc1ccc(S(=O)(=O)N/N=C/c2cn(CC(=O)Nc3cc(C)ccc3C)c3ccccc23)cc1. The summed E-state index contributed by atoms with van der Waals surface area (Å²) in [5.74, 6) is -0.155. The van der Waals surface area contributed by atoms with Crippen molar-refractivity contribution in [2.75, 3.05) is 5.32 Å². The number of carbonyl (C=O) groups excluding carboxylic acids is 1. The minimum atomic E-state index is -3.77. The van der Waals surface area contributed by atoms with Gasteiger partial charge in [-0.1, -0.05) is 48.0 Å². The lowest BCUT2D eigenvalue weighted by Crippen LogP contribution is -2.19. The fourth-order valence-corrected chi connectivity index (χ4v) is 4.45. The van der Waals surface area contributed by atoms with Gasteiger partial charge in [-0.15, -0.1) is 0 Å². The number of aryl methyl sites for hydroxylation is 3. The summed E-state index contributed by atoms with van der Waals surface area (Å²) in [5.41, 5.74) is 5.36. The number of anilines is 1. The first-order chi connectivity index (χ1) is 16.2. The Morgan fingerprint density at radius 2 is 1.68 bits per heavy atom. The van der Waals surface area contributed by atoms with E-state index in [1.807, 2.05) is 67.8 Å². The number of nitrogens with one attached hydrogen (secondary N) is 2. The molecule has 0 bridgehead atoms. The molecule has 3 aromatic carbocycles. The van der Waals surface area contributed by atoms with Gasteiger partial charge in [0.2, 0.25) is 5.91 Å². The van der Waals surface area contributed by atoms with Crippen LogP contribution in [-0.4, -0.2) is 25.1 Å². The van der Waals surface area contributed by atoms with Crippen LogP contribution >= 0.6 is 0 Å². The lowest BCUT2D eigenvalue weighted by atomic mass is 10.1. The molecule has 0 saturated heterocycles. The topological polar surface area (TPSA) is 92.6 Å². The maximum Gasteiger partial charge on any atom is 0.276 e. The molecular formula is C26H26N4O3S. The van der Waals surface area contributed by atoms with E-state index >= 15 is 0 Å². The number of amides is 1. The number of hydrazone groups is 1. The molecule has 0 spiro atoms. The third-order valence-electron chi connectivity index (χ3n) is 5.51. The molecular weight excluding hydrogens is 448 g/mol. The molecule has 4 rings (SSSR count). The number of hydrogen-bond acceptors (Lipinski definition) is 4. The zero-order valence-electron chi connectivity index (χ0n) is 19.2. The molecule has 8 heteroatoms. The van der Waals surface area contributed by atoms with E-state index in [4.69, 9.17) is 0 Å². The quantitative estimate of drug-likeness (QED) is 0.305. The predicted octanol–water partition coefficient (Wildman–Crippen LogP) is 4.52. The average molecular weight is 475 g/mol. The van der Waals surface area contributed by atoms with Crippen molar-refractivity contribution in [3.63, 3.8) is 0 Å². The Labute approximate surface area is 199 Å². The number of benzene rings is 3. The van der Waals surface area contributed by atoms with Gasteiger partial charge in [-0.2, -0.15) is 13.5 Å². The second-order valence-electron chi connectivity index (χ2n) is 8.26. The highest BCUT2D eigenvalue weighted by Crippen LogP contribution is 2.21. The minimum Gasteiger partial charge on any atom is -0.337 e. The van der Waals surface area contributed by atoms with Crippen LogP contribution in [0.5, 0.6) is 0 Å². The van der Waals surface area contributed by atoms with Crippen molar-refractivity contribution in [1.82, 2.24) is 9.40 Å². The molecule has 1 aromatic heterocycles. The van der Waals surface area contributed by atoms with E-state index in [9.17, 15) is 13.2 Å². The molecule has 2 N–H and O–H groups in total. The Morgan fingerprint density at radius 1 is 0.971 bits per heavy atom. The van der Waals surface area contributed by atoms with E-state index < -0.39 is 10.0 Å². The first kappa shape index (κ1) is 23.3. The number of fused-ring (bicyclic) bond motifs is 1. The molecule has 7 nitrogen and oxygen atoms in total. The highest BCUT2D eigenvalue weighted by Gasteiger charge is 2.14. The molecule has 4 aromatic rings. The lowest BCUT2D eigenvalue weighted by molar-refractivity contribution is -0.116. The first-order valence-corrected chi connectivity index (χ1v) is 12.3. The van der Waals surface area contributed by atoms with Gasteiger partial charge in [-0.25, -0.2) is 4.83 Å². The van der Waals surface area contributed by atoms with Crippen LogP contribution in [0, 0.1) is 20.8 Å². The molecule has 0 radical (unpaired) electrons. The molecule has 174 valence electrons. The van der Waals surface area contributed by atoms with Gasteiger partial charge in [-0.3, -0.25) is 4.79 Å². The number of sulfonamides is 1. The minimum absolute atomic E-state index is 0.108. The van der Waals surface area contributed by atoms with E-state index in [2.05, 4.69) is 15.2 Å². The fraction of sp³-hybridized carbons (Fsp3) is 0.154. The van der Waals surface area contributed by atoms with Gasteiger partial charge in [0.25, 0.3) is 10.0 Å². The van der Waals surface area contributed by atoms with Crippen molar-refractivity contribution >= 4 is 38.7 Å². The summed E-state index contributed by atoms with van der Waals surface area (Å²) in [7, 11) is -3.77. The van der Waals surface area contributed by atoms with Crippen LogP contribution in [0.15, 0.2) is 82.9 Å². The third-order valence-corrected chi connectivity index (χ3v) is 6.75. The van der Waals surface area contributed by atoms with Gasteiger partial charge < -0.3 is 9.88 Å². The molecule has 0 unspecified atom stereocenters. The standard InChI is InChI=1S/C26H26N4O3S/c1-18-9-12-22(13-10-18)34(32,33)29-27-15-21-16-30(25-7-5-4-6-23(21)25)17-26(31)28-24-14-19(2)8-11-20(24)3/h4-16,29H,17H2,1-3H3,(H,28,31)/b27-15+. The zero-order valence-corrected chi connectivity index (χ0v) is 20.1. The summed E-state index contributed by atoms with van der Waals surface area (Å²) >= 11 is 0. The van der Waals surface area contributed by atoms with Crippen molar-refractivity contribution in [3.05, 3.63) is 95.2 Å². The highest BCUT2D eigenvalue weighted by molar-refractivity contribution is 7.89. The molecule has 1 heterocycles. The van der Waals surface area contributed by atoms with Crippen molar-refractivity contribution in [2.24, 2.45) is 5.10 Å². The second kappa shape index (κ2) is 9.52. The summed E-state index contributed by atoms with van der Waals surface area (Å²) in [6.07, 6.45) is 3.24. The van der Waals surface area contributed by atoms with E-state index in [0.717, 1.165) is 33.3 Å². The van der Waals surface area contributed by atoms with Gasteiger partial charge in [0.1, 0.15) is 6.54 Å². The van der Waals surface area contributed by atoms with E-state index in [-0.39, 0.29) is 17.3 Å². The Hall–Kier alpha value is -3.91. The van der Waals surface area contributed by atoms with E-state index in [1.165, 1.54) is 18.3 Å². The van der Waals surface area contributed by atoms with Crippen molar-refractivity contribution in [3.8, 4) is 0 Å². The van der Waals surface area contributed by atoms with E-state index in [0.29, 0.717) is 5.56 Å². The Bertz CT molecular complexity index is 1490. The molecule has 0 aliphatic rings. The van der Waals surface area contributed by atoms with Crippen LogP contribution in [0.2, 0.25) is 0 Å². The molecule has 0 aliphatic carbocycles. The van der Waals surface area contributed by atoms with E-state index in [1.54, 1.807) is 18.3 Å². The van der Waals surface area contributed by atoms with Gasteiger partial charge in [0, 0.05) is 28.4 Å². The number of rotatable bonds is 7. The Kier molecular flexibility index (Phi) is 6.51. The van der Waals surface area contributed by atoms with Crippen LogP contribution < -0.4 is 10.1 Å². The highest BCUT2D eigenvalue weighted by atomic mass is 32.2. The Morgan fingerprint density at radius 3 is 2.44 bits per heavy atom. The third kappa shape index (κ3) is 5.18. The Balaban J connectivity index is 1.54. The molecule has 0 aliphatic heterocycles. The van der Waals surface area contributed by atoms with Crippen molar-refractivity contribution < 1.29 is 13.2 Å². The summed E-state index contributed by atoms with van der Waals surface area (Å²) in [4.78, 5) is 15.2. The zero-order chi connectivity index (χ0) is 24.3. The van der Waals surface area contributed by atoms with Gasteiger partial charge in [-0.05, 0) is 56.2 Å². The maximum absolute atomic E-state index is 12.8. The number of nitrogens with zero attached hydrogens (tertiary/aromatic N) is 2. The van der Waals surface area contributed by atoms with Gasteiger partial charge >= 0.3 is 0 Å². The first-order valence-electron chi connectivity index (χ1n) is 10.8. The predicted molar refractivity (Wildman–Crippen MR) is 136 cm³/mol. The number of para-hydroxylation sites is 1. The number of carbonyl (C=O) groups is 1. The maximum atomic E-state index is 12.8. The van der Waals surface area contributed by atoms with Crippen LogP contribution in [0.1, 0.15) is 22.3 Å². The molecule has 34 heavy (non-hydrogen) atoms. The van der Waals surface area contributed by atoms with Gasteiger partial charge in [0.05, 0.1) is 11.1 Å². The molecule has 0 atom stereocenters. The van der Waals surface area contributed by atoms with Crippen molar-refractivity contribution in [1.29, 1.82) is 0 Å². The summed E-state index contributed by atoms with van der Waals surface area (Å²) in [5, 5.41) is 7.80.